The summed E-state index contributed by atoms with van der Waals surface area (Å²) in [6.07, 6.45) is 6.81. The molecule has 0 aliphatic carbocycles. The van der Waals surface area contributed by atoms with Gasteiger partial charge in [0.2, 0.25) is 0 Å². The molecule has 4 heterocycles. The van der Waals surface area contributed by atoms with Crippen molar-refractivity contribution < 1.29 is 14.6 Å². The largest absolute Gasteiger partial charge is 0.492 e. The number of carbonyl (C=O) groups is 1. The molecule has 2 aliphatic rings. The van der Waals surface area contributed by atoms with E-state index in [-0.39, 0.29) is 5.56 Å². The first-order chi connectivity index (χ1) is 13.0. The van der Waals surface area contributed by atoms with Gasteiger partial charge in [-0.25, -0.2) is 4.79 Å². The Kier molecular flexibility index (Phi) is 3.28. The quantitative estimate of drug-likeness (QED) is 0.754. The normalized spacial score (nSPS) is 14.3. The lowest BCUT2D eigenvalue weighted by Crippen LogP contribution is -2.22. The van der Waals surface area contributed by atoms with Crippen LogP contribution in [0.2, 0.25) is 0 Å². The van der Waals surface area contributed by atoms with E-state index in [9.17, 15) is 14.7 Å². The highest BCUT2D eigenvalue weighted by molar-refractivity contribution is 5.88. The molecule has 0 saturated carbocycles. The molecule has 0 spiro atoms. The first kappa shape index (κ1) is 15.9. The maximum Gasteiger partial charge on any atom is 0.341 e. The van der Waals surface area contributed by atoms with Gasteiger partial charge in [0.15, 0.2) is 5.43 Å². The number of carboxylic acid groups (broad SMARTS) is 1. The molecule has 0 amide bonds. The molecular weight excluding hydrogens is 346 g/mol. The van der Waals surface area contributed by atoms with Gasteiger partial charge >= 0.3 is 5.97 Å². The Balaban J connectivity index is 1.78. The minimum absolute atomic E-state index is 0.195. The monoisotopic (exact) mass is 363 g/mol. The Morgan fingerprint density at radius 2 is 2.04 bits per heavy atom. The SMILES string of the molecule is Cn1cc(-c2cc3c(c4c2OCC4)CCn2cc(C(=O)O)c(=O)cc2-3)cn1. The van der Waals surface area contributed by atoms with Crippen molar-refractivity contribution >= 4 is 5.97 Å². The van der Waals surface area contributed by atoms with E-state index in [0.717, 1.165) is 41.0 Å². The summed E-state index contributed by atoms with van der Waals surface area (Å²) in [5.74, 6) is -0.292. The number of aromatic carboxylic acids is 1. The standard InChI is InChI=1S/C20H17N3O4/c1-22-9-11(8-21-22)14-6-15-12(13-3-5-27-19(13)14)2-4-23-10-16(20(25)26)18(24)7-17(15)23/h6-10H,2-5H2,1H3,(H,25,26). The first-order valence-electron chi connectivity index (χ1n) is 8.81. The topological polar surface area (TPSA) is 86.4 Å². The fourth-order valence-corrected chi connectivity index (χ4v) is 4.12. The first-order valence-corrected chi connectivity index (χ1v) is 8.81. The third-order valence-corrected chi connectivity index (χ3v) is 5.35. The van der Waals surface area contributed by atoms with Gasteiger partial charge in [0, 0.05) is 60.7 Å². The van der Waals surface area contributed by atoms with Gasteiger partial charge in [0.1, 0.15) is 11.3 Å². The lowest BCUT2D eigenvalue weighted by molar-refractivity contribution is 0.0694. The minimum atomic E-state index is -1.19. The highest BCUT2D eigenvalue weighted by Gasteiger charge is 2.28. The van der Waals surface area contributed by atoms with Gasteiger partial charge in [0.05, 0.1) is 18.5 Å². The summed E-state index contributed by atoms with van der Waals surface area (Å²) >= 11 is 0. The van der Waals surface area contributed by atoms with Crippen LogP contribution in [0.5, 0.6) is 5.75 Å². The molecule has 7 heteroatoms. The van der Waals surface area contributed by atoms with Crippen LogP contribution in [0.25, 0.3) is 22.4 Å². The van der Waals surface area contributed by atoms with Crippen LogP contribution in [-0.4, -0.2) is 32.0 Å². The summed E-state index contributed by atoms with van der Waals surface area (Å²) < 4.78 is 9.55. The summed E-state index contributed by atoms with van der Waals surface area (Å²) in [5, 5.41) is 13.5. The summed E-state index contributed by atoms with van der Waals surface area (Å²) in [4.78, 5) is 23.6. The third kappa shape index (κ3) is 2.31. The molecule has 3 aromatic rings. The van der Waals surface area contributed by atoms with Crippen LogP contribution in [-0.2, 0) is 26.4 Å². The van der Waals surface area contributed by atoms with Crippen molar-refractivity contribution in [1.29, 1.82) is 0 Å². The molecule has 2 aliphatic heterocycles. The number of fused-ring (bicyclic) bond motifs is 5. The summed E-state index contributed by atoms with van der Waals surface area (Å²) in [5.41, 5.74) is 5.35. The van der Waals surface area contributed by atoms with Gasteiger partial charge in [-0.05, 0) is 18.1 Å². The smallest absolute Gasteiger partial charge is 0.341 e. The molecule has 0 radical (unpaired) electrons. The van der Waals surface area contributed by atoms with Crippen LogP contribution in [0, 0.1) is 0 Å². The van der Waals surface area contributed by atoms with Gasteiger partial charge in [-0.2, -0.15) is 5.10 Å². The fraction of sp³-hybridized carbons (Fsp3) is 0.250. The molecule has 27 heavy (non-hydrogen) atoms. The van der Waals surface area contributed by atoms with E-state index in [0.29, 0.717) is 13.2 Å². The van der Waals surface area contributed by atoms with E-state index >= 15 is 0 Å². The van der Waals surface area contributed by atoms with Gasteiger partial charge < -0.3 is 14.4 Å². The number of aromatic nitrogens is 3. The molecule has 1 aromatic carbocycles. The van der Waals surface area contributed by atoms with Crippen LogP contribution in [0.15, 0.2) is 35.5 Å². The highest BCUT2D eigenvalue weighted by atomic mass is 16.5. The number of benzene rings is 1. The third-order valence-electron chi connectivity index (χ3n) is 5.35. The minimum Gasteiger partial charge on any atom is -0.492 e. The number of aryl methyl sites for hydroxylation is 2. The molecule has 0 unspecified atom stereocenters. The summed E-state index contributed by atoms with van der Waals surface area (Å²) in [6.45, 7) is 1.28. The zero-order valence-electron chi connectivity index (χ0n) is 14.7. The molecule has 2 aromatic heterocycles. The predicted molar refractivity (Wildman–Crippen MR) is 98.2 cm³/mol. The summed E-state index contributed by atoms with van der Waals surface area (Å²) in [7, 11) is 1.87. The van der Waals surface area contributed by atoms with Gasteiger partial charge in [-0.15, -0.1) is 0 Å². The number of pyridine rings is 1. The highest BCUT2D eigenvalue weighted by Crippen LogP contribution is 2.45. The van der Waals surface area contributed by atoms with Crippen molar-refractivity contribution in [3.63, 3.8) is 0 Å². The van der Waals surface area contributed by atoms with Crippen LogP contribution in [0.1, 0.15) is 21.5 Å². The molecule has 1 N–H and O–H groups in total. The Hall–Kier alpha value is -3.35. The number of ether oxygens (including phenoxy) is 1. The second kappa shape index (κ2) is 5.57. The van der Waals surface area contributed by atoms with E-state index in [1.54, 1.807) is 10.9 Å². The van der Waals surface area contributed by atoms with Crippen molar-refractivity contribution in [2.75, 3.05) is 6.61 Å². The number of nitrogens with zero attached hydrogens (tertiary/aromatic N) is 3. The Labute approximate surface area is 154 Å². The van der Waals surface area contributed by atoms with Crippen molar-refractivity contribution in [3.05, 3.63) is 57.6 Å². The van der Waals surface area contributed by atoms with E-state index in [1.165, 1.54) is 23.4 Å². The van der Waals surface area contributed by atoms with E-state index < -0.39 is 11.4 Å². The van der Waals surface area contributed by atoms with E-state index in [2.05, 4.69) is 5.10 Å². The van der Waals surface area contributed by atoms with Gasteiger partial charge in [-0.3, -0.25) is 9.48 Å². The van der Waals surface area contributed by atoms with Crippen LogP contribution >= 0.6 is 0 Å². The molecule has 136 valence electrons. The average Bonchev–Trinajstić information content (AvgIpc) is 3.29. The van der Waals surface area contributed by atoms with E-state index in [1.807, 2.05) is 23.9 Å². The Morgan fingerprint density at radius 1 is 1.19 bits per heavy atom. The maximum atomic E-state index is 12.3. The van der Waals surface area contributed by atoms with Crippen molar-refractivity contribution in [1.82, 2.24) is 14.3 Å². The zero-order valence-corrected chi connectivity index (χ0v) is 14.7. The number of carboxylic acids is 1. The van der Waals surface area contributed by atoms with Crippen molar-refractivity contribution in [3.8, 4) is 28.1 Å². The van der Waals surface area contributed by atoms with Gasteiger partial charge in [0.25, 0.3) is 0 Å². The Morgan fingerprint density at radius 3 is 2.78 bits per heavy atom. The zero-order chi connectivity index (χ0) is 18.7. The van der Waals surface area contributed by atoms with Gasteiger partial charge in [-0.1, -0.05) is 0 Å². The predicted octanol–water partition coefficient (Wildman–Crippen LogP) is 2.10. The van der Waals surface area contributed by atoms with Crippen molar-refractivity contribution in [2.24, 2.45) is 7.05 Å². The van der Waals surface area contributed by atoms with Crippen LogP contribution < -0.4 is 10.2 Å². The molecular formula is C20H17N3O4. The molecule has 5 rings (SSSR count). The number of rotatable bonds is 2. The maximum absolute atomic E-state index is 12.3. The average molecular weight is 363 g/mol. The van der Waals surface area contributed by atoms with Crippen molar-refractivity contribution in [2.45, 2.75) is 19.4 Å². The molecule has 0 bridgehead atoms. The van der Waals surface area contributed by atoms with Crippen LogP contribution in [0.3, 0.4) is 0 Å². The number of hydrogen-bond donors (Lipinski definition) is 1. The molecule has 0 fully saturated rings. The number of hydrogen-bond acceptors (Lipinski definition) is 4. The fourth-order valence-electron chi connectivity index (χ4n) is 4.12. The molecule has 7 nitrogen and oxygen atoms in total. The second-order valence-electron chi connectivity index (χ2n) is 6.94. The van der Waals surface area contributed by atoms with Crippen LogP contribution in [0.4, 0.5) is 0 Å². The molecule has 0 saturated heterocycles. The molecule has 0 atom stereocenters. The lowest BCUT2D eigenvalue weighted by Gasteiger charge is -2.25. The summed E-state index contributed by atoms with van der Waals surface area (Å²) in [6, 6.07) is 3.48. The second-order valence-corrected chi connectivity index (χ2v) is 6.94. The lowest BCUT2D eigenvalue weighted by atomic mass is 9.88. The van der Waals surface area contributed by atoms with E-state index in [4.69, 9.17) is 4.74 Å². The Bertz CT molecular complexity index is 1170.